The minimum Gasteiger partial charge on any atom is -0.481 e. The maximum atomic E-state index is 11.7. The number of hydrogen-bond acceptors (Lipinski definition) is 5. The average molecular weight is 471 g/mol. The van der Waals surface area contributed by atoms with Gasteiger partial charge in [-0.25, -0.2) is 0 Å². The lowest BCUT2D eigenvalue weighted by molar-refractivity contribution is -0.161. The van der Waals surface area contributed by atoms with Crippen molar-refractivity contribution in [1.29, 1.82) is 0 Å². The quantitative estimate of drug-likeness (QED) is 0.289. The van der Waals surface area contributed by atoms with Crippen LogP contribution in [0.25, 0.3) is 0 Å². The SMILES string of the molecule is C=CCOC(=O)C(C)(C)CC.CCC(C)(C)C(=O)O.CCC(C)(C)C(=O)OC1CCCCC1. The van der Waals surface area contributed by atoms with E-state index < -0.39 is 11.4 Å². The first-order valence-electron chi connectivity index (χ1n) is 12.3. The molecule has 1 saturated carbocycles. The summed E-state index contributed by atoms with van der Waals surface area (Å²) < 4.78 is 10.4. The first-order chi connectivity index (χ1) is 15.1. The highest BCUT2D eigenvalue weighted by Crippen LogP contribution is 2.26. The van der Waals surface area contributed by atoms with Crippen LogP contribution in [0.3, 0.4) is 0 Å². The highest BCUT2D eigenvalue weighted by atomic mass is 16.5. The van der Waals surface area contributed by atoms with Crippen LogP contribution in [0.5, 0.6) is 0 Å². The summed E-state index contributed by atoms with van der Waals surface area (Å²) in [6.07, 6.45) is 9.94. The fraction of sp³-hybridized carbons (Fsp3) is 0.815. The molecule has 6 heteroatoms. The van der Waals surface area contributed by atoms with E-state index in [0.717, 1.165) is 25.7 Å². The van der Waals surface area contributed by atoms with Crippen LogP contribution in [-0.2, 0) is 23.9 Å². The Bertz CT molecular complexity index is 598. The van der Waals surface area contributed by atoms with Gasteiger partial charge < -0.3 is 14.6 Å². The van der Waals surface area contributed by atoms with E-state index in [1.54, 1.807) is 19.9 Å². The van der Waals surface area contributed by atoms with Gasteiger partial charge in [0.2, 0.25) is 0 Å². The number of carbonyl (C=O) groups excluding carboxylic acids is 2. The Morgan fingerprint density at radius 3 is 1.58 bits per heavy atom. The van der Waals surface area contributed by atoms with E-state index >= 15 is 0 Å². The summed E-state index contributed by atoms with van der Waals surface area (Å²) in [4.78, 5) is 33.2. The molecule has 0 unspecified atom stereocenters. The van der Waals surface area contributed by atoms with Gasteiger partial charge in [0.1, 0.15) is 12.7 Å². The molecule has 194 valence electrons. The van der Waals surface area contributed by atoms with E-state index in [9.17, 15) is 14.4 Å². The third-order valence-electron chi connectivity index (χ3n) is 6.49. The van der Waals surface area contributed by atoms with Crippen molar-refractivity contribution >= 4 is 17.9 Å². The van der Waals surface area contributed by atoms with Crippen molar-refractivity contribution in [3.63, 3.8) is 0 Å². The van der Waals surface area contributed by atoms with Crippen molar-refractivity contribution in [3.05, 3.63) is 12.7 Å². The Labute approximate surface area is 202 Å². The molecule has 1 aliphatic rings. The minimum absolute atomic E-state index is 0.0214. The highest BCUT2D eigenvalue weighted by molar-refractivity contribution is 5.76. The zero-order chi connectivity index (χ0) is 26.3. The van der Waals surface area contributed by atoms with Gasteiger partial charge in [-0.3, -0.25) is 14.4 Å². The number of hydrogen-bond donors (Lipinski definition) is 1. The van der Waals surface area contributed by atoms with Crippen LogP contribution in [0.4, 0.5) is 0 Å². The third kappa shape index (κ3) is 14.1. The fourth-order valence-electron chi connectivity index (χ4n) is 2.26. The van der Waals surface area contributed by atoms with Gasteiger partial charge in [0.25, 0.3) is 0 Å². The molecule has 0 spiro atoms. The van der Waals surface area contributed by atoms with Crippen molar-refractivity contribution in [1.82, 2.24) is 0 Å². The number of carbonyl (C=O) groups is 3. The van der Waals surface area contributed by atoms with Crippen LogP contribution in [0.15, 0.2) is 12.7 Å². The number of carboxylic acid groups (broad SMARTS) is 1. The lowest BCUT2D eigenvalue weighted by Gasteiger charge is -2.27. The van der Waals surface area contributed by atoms with E-state index in [0.29, 0.717) is 13.0 Å². The molecule has 1 N–H and O–H groups in total. The van der Waals surface area contributed by atoms with Crippen molar-refractivity contribution in [2.24, 2.45) is 16.2 Å². The second-order valence-electron chi connectivity index (χ2n) is 10.6. The monoisotopic (exact) mass is 470 g/mol. The van der Waals surface area contributed by atoms with Crippen LogP contribution in [0.2, 0.25) is 0 Å². The molecule has 0 radical (unpaired) electrons. The fourth-order valence-corrected chi connectivity index (χ4v) is 2.26. The van der Waals surface area contributed by atoms with Gasteiger partial charge in [-0.2, -0.15) is 0 Å². The summed E-state index contributed by atoms with van der Waals surface area (Å²) >= 11 is 0. The normalized spacial score (nSPS) is 14.6. The molecule has 0 heterocycles. The molecule has 0 aromatic rings. The zero-order valence-corrected chi connectivity index (χ0v) is 22.7. The summed E-state index contributed by atoms with van der Waals surface area (Å²) in [5.41, 5.74) is -1.21. The number of esters is 2. The molecule has 33 heavy (non-hydrogen) atoms. The largest absolute Gasteiger partial charge is 0.481 e. The number of ether oxygens (including phenoxy) is 2. The maximum absolute atomic E-state index is 11.7. The Kier molecular flexibility index (Phi) is 16.0. The Hall–Kier alpha value is -1.85. The van der Waals surface area contributed by atoms with Crippen molar-refractivity contribution in [2.75, 3.05) is 6.61 Å². The van der Waals surface area contributed by atoms with E-state index in [1.807, 2.05) is 48.5 Å². The Balaban J connectivity index is 0. The average Bonchev–Trinajstić information content (AvgIpc) is 2.78. The van der Waals surface area contributed by atoms with Gasteiger partial charge in [-0.05, 0) is 86.5 Å². The zero-order valence-electron chi connectivity index (χ0n) is 22.7. The van der Waals surface area contributed by atoms with Gasteiger partial charge in [-0.1, -0.05) is 39.8 Å². The van der Waals surface area contributed by atoms with Crippen LogP contribution < -0.4 is 0 Å². The van der Waals surface area contributed by atoms with Gasteiger partial charge in [0.15, 0.2) is 0 Å². The van der Waals surface area contributed by atoms with Crippen LogP contribution in [0.1, 0.15) is 114 Å². The predicted octanol–water partition coefficient (Wildman–Crippen LogP) is 6.96. The van der Waals surface area contributed by atoms with E-state index in [1.165, 1.54) is 19.3 Å². The maximum Gasteiger partial charge on any atom is 0.311 e. The van der Waals surface area contributed by atoms with E-state index in [-0.39, 0.29) is 28.9 Å². The smallest absolute Gasteiger partial charge is 0.311 e. The summed E-state index contributed by atoms with van der Waals surface area (Å²) in [5, 5.41) is 8.44. The Morgan fingerprint density at radius 2 is 1.24 bits per heavy atom. The molecule has 0 atom stereocenters. The lowest BCUT2D eigenvalue weighted by Crippen LogP contribution is -2.31. The predicted molar refractivity (Wildman–Crippen MR) is 134 cm³/mol. The van der Waals surface area contributed by atoms with Gasteiger partial charge in [0.05, 0.1) is 16.2 Å². The molecule has 1 fully saturated rings. The molecule has 0 aromatic carbocycles. The van der Waals surface area contributed by atoms with E-state index in [4.69, 9.17) is 14.6 Å². The van der Waals surface area contributed by atoms with Crippen molar-refractivity contribution < 1.29 is 29.0 Å². The van der Waals surface area contributed by atoms with Gasteiger partial charge >= 0.3 is 17.9 Å². The van der Waals surface area contributed by atoms with Crippen LogP contribution in [-0.4, -0.2) is 35.7 Å². The topological polar surface area (TPSA) is 89.9 Å². The van der Waals surface area contributed by atoms with Gasteiger partial charge in [0, 0.05) is 0 Å². The number of rotatable bonds is 9. The molecule has 0 aliphatic heterocycles. The minimum atomic E-state index is -0.722. The third-order valence-corrected chi connectivity index (χ3v) is 6.49. The van der Waals surface area contributed by atoms with E-state index in [2.05, 4.69) is 6.58 Å². The standard InChI is InChI=1S/C12H22O2.C9H16O2.C6H12O2/c1-4-12(2,3)11(13)14-10-8-6-5-7-9-10;1-5-7-11-8(10)9(3,4)6-2;1-4-6(2,3)5(7)8/h10H,4-9H2,1-3H3;5H,1,6-7H2,2-4H3;4H2,1-3H3,(H,7,8). The number of aliphatic carboxylic acids is 1. The van der Waals surface area contributed by atoms with Crippen molar-refractivity contribution in [2.45, 2.75) is 120 Å². The molecule has 1 aliphatic carbocycles. The summed E-state index contributed by atoms with van der Waals surface area (Å²) in [5.74, 6) is -0.896. The summed E-state index contributed by atoms with van der Waals surface area (Å²) in [6.45, 7) is 20.7. The molecule has 0 aromatic heterocycles. The highest BCUT2D eigenvalue weighted by Gasteiger charge is 2.30. The Morgan fingerprint density at radius 1 is 0.818 bits per heavy atom. The second kappa shape index (κ2) is 15.9. The summed E-state index contributed by atoms with van der Waals surface area (Å²) in [6, 6.07) is 0. The molecule has 0 bridgehead atoms. The summed E-state index contributed by atoms with van der Waals surface area (Å²) in [7, 11) is 0. The second-order valence-corrected chi connectivity index (χ2v) is 10.6. The lowest BCUT2D eigenvalue weighted by atomic mass is 9.90. The van der Waals surface area contributed by atoms with Gasteiger partial charge in [-0.15, -0.1) is 0 Å². The number of carboxylic acids is 1. The molecule has 6 nitrogen and oxygen atoms in total. The molecular weight excluding hydrogens is 420 g/mol. The molecule has 0 saturated heterocycles. The molecular formula is C27H50O6. The van der Waals surface area contributed by atoms with Crippen molar-refractivity contribution in [3.8, 4) is 0 Å². The van der Waals surface area contributed by atoms with Crippen LogP contribution in [0, 0.1) is 16.2 Å². The molecule has 1 rings (SSSR count). The first-order valence-corrected chi connectivity index (χ1v) is 12.3. The molecule has 0 amide bonds. The first kappa shape index (κ1) is 33.3. The van der Waals surface area contributed by atoms with Crippen LogP contribution >= 0.6 is 0 Å².